The molecule has 0 fully saturated rings. The van der Waals surface area contributed by atoms with E-state index in [1.807, 2.05) is 36.4 Å². The molecule has 0 atom stereocenters. The van der Waals surface area contributed by atoms with Gasteiger partial charge in [-0.3, -0.25) is 0 Å². The summed E-state index contributed by atoms with van der Waals surface area (Å²) in [6.07, 6.45) is -7.64. The molecule has 4 aromatic heterocycles. The van der Waals surface area contributed by atoms with Crippen LogP contribution in [0.15, 0.2) is 175 Å². The average Bonchev–Trinajstić information content (AvgIpc) is 3.79. The fraction of sp³-hybridized carbons (Fsp3) is 0.105. The Labute approximate surface area is 399 Å². The average molecular weight is 1020 g/mol. The Kier molecular flexibility index (Phi) is 9.56. The zero-order chi connectivity index (χ0) is 51.5. The van der Waals surface area contributed by atoms with E-state index in [1.165, 1.54) is 24.5 Å². The molecule has 0 bridgehead atoms. The van der Waals surface area contributed by atoms with Crippen LogP contribution in [0.3, 0.4) is 0 Å². The maximum atomic E-state index is 16.7. The van der Waals surface area contributed by atoms with E-state index in [0.717, 1.165) is 35.5 Å². The van der Waals surface area contributed by atoms with Crippen LogP contribution in [-0.2, 0) is 58.4 Å². The van der Waals surface area contributed by atoms with E-state index in [0.29, 0.717) is 28.1 Å². The molecule has 10 aromatic rings. The smallest absolute Gasteiger partial charge is 0.498 e. The van der Waals surface area contributed by atoms with Gasteiger partial charge < -0.3 is 19.4 Å². The molecule has 0 aliphatic heterocycles. The van der Waals surface area contributed by atoms with E-state index in [-0.39, 0.29) is 88.9 Å². The van der Waals surface area contributed by atoms with Crippen molar-refractivity contribution < 1.29 is 47.0 Å². The third-order valence-electron chi connectivity index (χ3n) is 10.4. The van der Waals surface area contributed by atoms with E-state index < -0.39 is 54.3 Å². The molecule has 0 N–H and O–H groups in total. The summed E-state index contributed by atoms with van der Waals surface area (Å²) in [6, 6.07) is 45.8. The molecular weight excluding hydrogens is 973 g/mol. The van der Waals surface area contributed by atoms with Crippen molar-refractivity contribution in [2.45, 2.75) is 38.3 Å². The number of hydrogen-bond acceptors (Lipinski definition) is 4. The van der Waals surface area contributed by atoms with Crippen LogP contribution in [0, 0.1) is 29.8 Å². The number of halogens is 2. The summed E-state index contributed by atoms with van der Waals surface area (Å²) in [5, 5.41) is 0.332. The van der Waals surface area contributed by atoms with Crippen LogP contribution in [0.2, 0.25) is 0 Å². The Morgan fingerprint density at radius 1 is 0.500 bits per heavy atom. The summed E-state index contributed by atoms with van der Waals surface area (Å²) < 4.78 is 131. The van der Waals surface area contributed by atoms with Crippen molar-refractivity contribution in [1.29, 1.82) is 0 Å². The molecule has 6 aromatic carbocycles. The van der Waals surface area contributed by atoms with Gasteiger partial charge in [0.2, 0.25) is 0 Å². The van der Waals surface area contributed by atoms with Crippen molar-refractivity contribution in [3.8, 4) is 44.9 Å². The molecule has 0 unspecified atom stereocenters. The number of nitrogens with zero attached hydrogens (tertiary/aromatic N) is 3. The number of hydrogen-bond donors (Lipinski definition) is 0. The predicted octanol–water partition coefficient (Wildman–Crippen LogP) is 13.5. The Bertz CT molecular complexity index is 3570. The molecule has 0 saturated heterocycles. The molecule has 312 valence electrons. The van der Waals surface area contributed by atoms with Crippen LogP contribution in [0.1, 0.15) is 47.1 Å². The number of rotatable bonds is 13. The molecule has 0 aliphatic carbocycles. The Hall–Kier alpha value is -6.92. The first-order valence-electron chi connectivity index (χ1n) is 25.1. The molecule has 0 radical (unpaired) electrons. The zero-order valence-corrected chi connectivity index (χ0v) is 36.2. The van der Waals surface area contributed by atoms with Crippen molar-refractivity contribution in [3.05, 3.63) is 233 Å². The molecule has 0 saturated carbocycles. The minimum absolute atomic E-state index is 0. The van der Waals surface area contributed by atoms with Gasteiger partial charge in [0.15, 0.2) is 11.4 Å². The Morgan fingerprint density at radius 3 is 1.69 bits per heavy atom. The van der Waals surface area contributed by atoms with Crippen molar-refractivity contribution in [3.63, 3.8) is 0 Å². The number of pyridine rings is 3. The minimum Gasteiger partial charge on any atom is -0.498 e. The van der Waals surface area contributed by atoms with Crippen molar-refractivity contribution in [2.75, 3.05) is 0 Å². The Morgan fingerprint density at radius 2 is 1.11 bits per heavy atom. The number of aryl methyl sites for hydroxylation is 6. The first-order chi connectivity index (χ1) is 34.8. The summed E-state index contributed by atoms with van der Waals surface area (Å²) in [5.74, 6) is -2.23. The molecule has 0 spiro atoms. The van der Waals surface area contributed by atoms with E-state index in [9.17, 15) is 11.0 Å². The fourth-order valence-corrected chi connectivity index (χ4v) is 7.20. The van der Waals surface area contributed by atoms with Crippen LogP contribution in [-0.4, -0.2) is 15.0 Å². The fourth-order valence-electron chi connectivity index (χ4n) is 7.20. The van der Waals surface area contributed by atoms with Gasteiger partial charge in [-0.1, -0.05) is 83.7 Å². The van der Waals surface area contributed by atoms with Crippen molar-refractivity contribution in [2.24, 2.45) is 0 Å². The second-order valence-electron chi connectivity index (χ2n) is 14.7. The van der Waals surface area contributed by atoms with Gasteiger partial charge in [-0.15, -0.1) is 90.0 Å². The molecule has 4 heterocycles. The topological polar surface area (TPSA) is 51.8 Å². The van der Waals surface area contributed by atoms with E-state index in [1.54, 1.807) is 72.8 Å². The van der Waals surface area contributed by atoms with Gasteiger partial charge in [0.1, 0.15) is 5.82 Å². The normalized spacial score (nSPS) is 14.4. The maximum Gasteiger partial charge on any atom is 3.00 e. The third kappa shape index (κ3) is 9.38. The third-order valence-corrected chi connectivity index (χ3v) is 10.4. The molecule has 4 nitrogen and oxygen atoms in total. The molecule has 0 amide bonds. The van der Waals surface area contributed by atoms with Crippen LogP contribution < -0.4 is 0 Å². The van der Waals surface area contributed by atoms with Gasteiger partial charge in [-0.05, 0) is 113 Å². The molecule has 0 aliphatic rings. The summed E-state index contributed by atoms with van der Waals surface area (Å²) in [5.41, 5.74) is 2.10. The summed E-state index contributed by atoms with van der Waals surface area (Å²) >= 11 is 0. The first-order valence-corrected chi connectivity index (χ1v) is 20.1. The van der Waals surface area contributed by atoms with E-state index in [4.69, 9.17) is 7.16 Å². The number of benzene rings is 6. The zero-order valence-electron chi connectivity index (χ0n) is 43.8. The van der Waals surface area contributed by atoms with Gasteiger partial charge in [-0.25, -0.2) is 8.78 Å². The van der Waals surface area contributed by atoms with Crippen LogP contribution in [0.5, 0.6) is 0 Å². The van der Waals surface area contributed by atoms with E-state index in [2.05, 4.69) is 33.2 Å². The summed E-state index contributed by atoms with van der Waals surface area (Å²) in [4.78, 5) is 13.4. The monoisotopic (exact) mass is 1020 g/mol. The largest absolute Gasteiger partial charge is 3.00 e. The molecule has 10 rings (SSSR count). The molecular formula is C57H40F2IrN3O. The molecule has 7 heteroatoms. The maximum absolute atomic E-state index is 16.7. The van der Waals surface area contributed by atoms with Gasteiger partial charge in [-0.2, -0.15) is 0 Å². The van der Waals surface area contributed by atoms with Gasteiger partial charge >= 0.3 is 20.1 Å². The quantitative estimate of drug-likeness (QED) is 0.108. The van der Waals surface area contributed by atoms with Gasteiger partial charge in [0, 0.05) is 40.5 Å². The number of aromatic nitrogens is 3. The van der Waals surface area contributed by atoms with E-state index >= 15 is 8.78 Å². The minimum atomic E-state index is -3.23. The van der Waals surface area contributed by atoms with Crippen molar-refractivity contribution in [1.82, 2.24) is 15.0 Å². The van der Waals surface area contributed by atoms with Crippen molar-refractivity contribution >= 4 is 21.9 Å². The standard InChI is InChI=1S/C57H40F2N3O.Ir/c58-51-34-55(49-18-10-17-48-50-32-47(43-11-4-1-5-12-43)33-52(59)57(50)63-56(48)49)62-37-46(51)26-23-42-30-40(21-19-38-24-27-53(60-35-38)44-13-6-2-7-14-44)29-41(31-42)22-20-39-25-28-54(61-36-39)45-15-8-3-9-16-45;/h1-13,15,17,24-25,27-37H,19-23,26H2;/q-3;+3/i21D2,22D2,23D2,26D2,32D,33D;. The van der Waals surface area contributed by atoms with Gasteiger partial charge in [0.25, 0.3) is 0 Å². The van der Waals surface area contributed by atoms with Gasteiger partial charge in [0.05, 0.1) is 8.32 Å². The predicted molar refractivity (Wildman–Crippen MR) is 247 cm³/mol. The SMILES string of the molecule is [2H]c1c(-c2ccccc2)c([2H])c2c(oc3c(-c4cc(F)c(C([2H])([2H])C([2H])([2H])c5cc(C([2H])([2H])Cc6ccc(-c7[c-]cccc7)nc6)cc(C([2H])([2H])Cc6ccc(-c7[c-]cccc7)nc6)c5)cn4)[c-]ccc32)c1F.[Ir+3]. The first kappa shape index (κ1) is 31.8. The molecule has 64 heavy (non-hydrogen) atoms. The van der Waals surface area contributed by atoms with Crippen LogP contribution >= 0.6 is 0 Å². The second kappa shape index (κ2) is 19.2. The second-order valence-corrected chi connectivity index (χ2v) is 14.7. The summed E-state index contributed by atoms with van der Waals surface area (Å²) in [7, 11) is 0. The number of fused-ring (bicyclic) bond motifs is 3. The Balaban J connectivity index is 0.00000672. The summed E-state index contributed by atoms with van der Waals surface area (Å²) in [6.45, 7) is 0. The number of furan rings is 1. The van der Waals surface area contributed by atoms with Crippen LogP contribution in [0.25, 0.3) is 66.8 Å². The van der Waals surface area contributed by atoms with Crippen LogP contribution in [0.4, 0.5) is 8.78 Å².